The van der Waals surface area contributed by atoms with Crippen molar-refractivity contribution in [2.45, 2.75) is 26.4 Å². The van der Waals surface area contributed by atoms with Crippen LogP contribution in [0.2, 0.25) is 0 Å². The Balaban J connectivity index is 2.02. The fourth-order valence-electron chi connectivity index (χ4n) is 1.55. The third-order valence-corrected chi connectivity index (χ3v) is 2.58. The van der Waals surface area contributed by atoms with E-state index in [1.807, 2.05) is 18.2 Å². The number of rotatable bonds is 7. The zero-order valence-corrected chi connectivity index (χ0v) is 11.4. The Morgan fingerprint density at radius 3 is 2.95 bits per heavy atom. The normalized spacial score (nSPS) is 10.2. The molecule has 0 aliphatic carbocycles. The monoisotopic (exact) mass is 274 g/mol. The van der Waals surface area contributed by atoms with Crippen LogP contribution in [0.15, 0.2) is 24.4 Å². The standard InChI is InChI=1S/C13H18N6O/c1-2-3-7-16-11-12(18-19-13(14)17-11)20-9-10-6-4-5-8-15-10/h4-6,8H,2-3,7,9H2,1H3,(H3,14,16,17,19). The summed E-state index contributed by atoms with van der Waals surface area (Å²) >= 11 is 0. The van der Waals surface area contributed by atoms with Crippen molar-refractivity contribution in [3.63, 3.8) is 0 Å². The average Bonchev–Trinajstić information content (AvgIpc) is 2.48. The van der Waals surface area contributed by atoms with Gasteiger partial charge >= 0.3 is 0 Å². The van der Waals surface area contributed by atoms with Crippen molar-refractivity contribution < 1.29 is 4.74 Å². The number of nitrogens with one attached hydrogen (secondary N) is 1. The minimum absolute atomic E-state index is 0.120. The Hall–Kier alpha value is -2.44. The molecule has 0 aromatic carbocycles. The Bertz CT molecular complexity index is 534. The Morgan fingerprint density at radius 1 is 1.30 bits per heavy atom. The molecule has 0 saturated carbocycles. The van der Waals surface area contributed by atoms with Gasteiger partial charge in [-0.1, -0.05) is 19.4 Å². The fraction of sp³-hybridized carbons (Fsp3) is 0.385. The van der Waals surface area contributed by atoms with Gasteiger partial charge in [0, 0.05) is 12.7 Å². The van der Waals surface area contributed by atoms with Gasteiger partial charge < -0.3 is 15.8 Å². The summed E-state index contributed by atoms with van der Waals surface area (Å²) in [7, 11) is 0. The average molecular weight is 274 g/mol. The molecule has 0 spiro atoms. The fourth-order valence-corrected chi connectivity index (χ4v) is 1.55. The van der Waals surface area contributed by atoms with Crippen molar-refractivity contribution in [3.05, 3.63) is 30.1 Å². The minimum atomic E-state index is 0.120. The van der Waals surface area contributed by atoms with E-state index < -0.39 is 0 Å². The van der Waals surface area contributed by atoms with Gasteiger partial charge in [-0.2, -0.15) is 4.98 Å². The summed E-state index contributed by atoms with van der Waals surface area (Å²) in [5.74, 6) is 0.969. The minimum Gasteiger partial charge on any atom is -0.467 e. The summed E-state index contributed by atoms with van der Waals surface area (Å²) in [4.78, 5) is 8.28. The van der Waals surface area contributed by atoms with Gasteiger partial charge in [-0.05, 0) is 18.6 Å². The number of hydrogen-bond donors (Lipinski definition) is 2. The van der Waals surface area contributed by atoms with Crippen LogP contribution in [-0.2, 0) is 6.61 Å². The summed E-state index contributed by atoms with van der Waals surface area (Å²) < 4.78 is 5.59. The molecule has 0 aliphatic heterocycles. The molecule has 0 aliphatic rings. The number of pyridine rings is 1. The van der Waals surface area contributed by atoms with Gasteiger partial charge in [-0.25, -0.2) is 0 Å². The lowest BCUT2D eigenvalue weighted by Gasteiger charge is -2.10. The number of unbranched alkanes of at least 4 members (excludes halogenated alkanes) is 1. The largest absolute Gasteiger partial charge is 0.467 e. The van der Waals surface area contributed by atoms with Crippen LogP contribution in [-0.4, -0.2) is 26.7 Å². The quantitative estimate of drug-likeness (QED) is 0.740. The SMILES string of the molecule is CCCCNc1nc(N)nnc1OCc1ccccn1. The molecule has 2 aromatic rings. The summed E-state index contributed by atoms with van der Waals surface area (Å²) in [6.07, 6.45) is 3.83. The Labute approximate surface area is 117 Å². The van der Waals surface area contributed by atoms with E-state index in [0.717, 1.165) is 25.1 Å². The number of anilines is 2. The summed E-state index contributed by atoms with van der Waals surface area (Å²) in [5.41, 5.74) is 6.36. The second-order valence-electron chi connectivity index (χ2n) is 4.21. The van der Waals surface area contributed by atoms with Crippen LogP contribution in [0.1, 0.15) is 25.5 Å². The molecule has 7 heteroatoms. The third-order valence-electron chi connectivity index (χ3n) is 2.58. The van der Waals surface area contributed by atoms with Crippen molar-refractivity contribution in [1.29, 1.82) is 0 Å². The highest BCUT2D eigenvalue weighted by Gasteiger charge is 2.09. The van der Waals surface area contributed by atoms with Crippen LogP contribution < -0.4 is 15.8 Å². The van der Waals surface area contributed by atoms with Gasteiger partial charge in [0.05, 0.1) is 5.69 Å². The van der Waals surface area contributed by atoms with Gasteiger partial charge in [0.15, 0.2) is 5.82 Å². The molecule has 3 N–H and O–H groups in total. The molecule has 2 rings (SSSR count). The molecule has 0 fully saturated rings. The van der Waals surface area contributed by atoms with Gasteiger partial charge in [-0.3, -0.25) is 4.98 Å². The van der Waals surface area contributed by atoms with Crippen LogP contribution in [0, 0.1) is 0 Å². The van der Waals surface area contributed by atoms with Crippen molar-refractivity contribution in [2.24, 2.45) is 0 Å². The van der Waals surface area contributed by atoms with Gasteiger partial charge in [0.2, 0.25) is 5.95 Å². The summed E-state index contributed by atoms with van der Waals surface area (Å²) in [6.45, 7) is 3.21. The van der Waals surface area contributed by atoms with Crippen LogP contribution in [0.4, 0.5) is 11.8 Å². The van der Waals surface area contributed by atoms with Crippen LogP contribution in [0.5, 0.6) is 5.88 Å². The Morgan fingerprint density at radius 2 is 2.20 bits per heavy atom. The highest BCUT2D eigenvalue weighted by atomic mass is 16.5. The first-order chi connectivity index (χ1) is 9.79. The van der Waals surface area contributed by atoms with Crippen molar-refractivity contribution in [2.75, 3.05) is 17.6 Å². The van der Waals surface area contributed by atoms with E-state index in [-0.39, 0.29) is 5.95 Å². The molecule has 0 radical (unpaired) electrons. The van der Waals surface area contributed by atoms with Crippen molar-refractivity contribution >= 4 is 11.8 Å². The lowest BCUT2D eigenvalue weighted by Crippen LogP contribution is -2.10. The highest BCUT2D eigenvalue weighted by molar-refractivity contribution is 5.46. The van der Waals surface area contributed by atoms with E-state index in [0.29, 0.717) is 18.3 Å². The Kier molecular flexibility index (Phi) is 5.05. The molecule has 0 amide bonds. The van der Waals surface area contributed by atoms with Gasteiger partial charge in [0.25, 0.3) is 5.88 Å². The van der Waals surface area contributed by atoms with Crippen LogP contribution >= 0.6 is 0 Å². The number of aromatic nitrogens is 4. The second-order valence-corrected chi connectivity index (χ2v) is 4.21. The van der Waals surface area contributed by atoms with Crippen LogP contribution in [0.3, 0.4) is 0 Å². The molecule has 0 atom stereocenters. The van der Waals surface area contributed by atoms with E-state index in [1.165, 1.54) is 0 Å². The molecule has 0 bridgehead atoms. The second kappa shape index (κ2) is 7.22. The lowest BCUT2D eigenvalue weighted by molar-refractivity contribution is 0.286. The molecular formula is C13H18N6O. The number of hydrogen-bond acceptors (Lipinski definition) is 7. The zero-order valence-electron chi connectivity index (χ0n) is 11.4. The first kappa shape index (κ1) is 14.0. The molecule has 106 valence electrons. The van der Waals surface area contributed by atoms with E-state index in [1.54, 1.807) is 6.20 Å². The third kappa shape index (κ3) is 4.04. The maximum Gasteiger partial charge on any atom is 0.277 e. The molecule has 0 saturated heterocycles. The number of nitrogen functional groups attached to an aromatic ring is 1. The number of ether oxygens (including phenoxy) is 1. The van der Waals surface area contributed by atoms with Gasteiger partial charge in [0.1, 0.15) is 6.61 Å². The number of nitrogens with zero attached hydrogens (tertiary/aromatic N) is 4. The predicted octanol–water partition coefficient (Wildman–Crippen LogP) is 1.64. The van der Waals surface area contributed by atoms with E-state index in [4.69, 9.17) is 10.5 Å². The first-order valence-electron chi connectivity index (χ1n) is 6.56. The lowest BCUT2D eigenvalue weighted by atomic mass is 10.3. The van der Waals surface area contributed by atoms with Crippen molar-refractivity contribution in [3.8, 4) is 5.88 Å². The molecule has 20 heavy (non-hydrogen) atoms. The molecule has 0 unspecified atom stereocenters. The first-order valence-corrected chi connectivity index (χ1v) is 6.56. The topological polar surface area (TPSA) is 98.8 Å². The molecule has 2 aromatic heterocycles. The van der Waals surface area contributed by atoms with E-state index >= 15 is 0 Å². The molecule has 7 nitrogen and oxygen atoms in total. The smallest absolute Gasteiger partial charge is 0.277 e. The van der Waals surface area contributed by atoms with Gasteiger partial charge in [-0.15, -0.1) is 10.2 Å². The predicted molar refractivity (Wildman–Crippen MR) is 76.2 cm³/mol. The zero-order chi connectivity index (χ0) is 14.2. The molecule has 2 heterocycles. The van der Waals surface area contributed by atoms with Crippen molar-refractivity contribution in [1.82, 2.24) is 20.2 Å². The summed E-state index contributed by atoms with van der Waals surface area (Å²) in [6, 6.07) is 5.63. The van der Waals surface area contributed by atoms with E-state index in [2.05, 4.69) is 32.4 Å². The summed E-state index contributed by atoms with van der Waals surface area (Å²) in [5, 5.41) is 10.8. The van der Waals surface area contributed by atoms with E-state index in [9.17, 15) is 0 Å². The maximum atomic E-state index is 5.59. The highest BCUT2D eigenvalue weighted by Crippen LogP contribution is 2.19. The maximum absolute atomic E-state index is 5.59. The van der Waals surface area contributed by atoms with Crippen LogP contribution in [0.25, 0.3) is 0 Å². The number of nitrogens with two attached hydrogens (primary N) is 1. The molecular weight excluding hydrogens is 256 g/mol.